The molecule has 1 aliphatic rings. The number of aromatic nitrogens is 4. The molecular weight excluding hydrogens is 242 g/mol. The second-order valence-electron chi connectivity index (χ2n) is 4.77. The lowest BCUT2D eigenvalue weighted by Gasteiger charge is -2.20. The van der Waals surface area contributed by atoms with E-state index in [2.05, 4.69) is 20.2 Å². The molecule has 0 aliphatic heterocycles. The van der Waals surface area contributed by atoms with E-state index in [0.29, 0.717) is 18.4 Å². The van der Waals surface area contributed by atoms with Gasteiger partial charge in [-0.05, 0) is 31.4 Å². The van der Waals surface area contributed by atoms with Gasteiger partial charge in [-0.25, -0.2) is 4.98 Å². The quantitative estimate of drug-likeness (QED) is 0.896. The highest BCUT2D eigenvalue weighted by atomic mass is 16.2. The molecule has 2 aromatic heterocycles. The number of nitrogens with zero attached hydrogens (tertiary/aromatic N) is 4. The van der Waals surface area contributed by atoms with Gasteiger partial charge in [0.1, 0.15) is 5.82 Å². The summed E-state index contributed by atoms with van der Waals surface area (Å²) >= 11 is 0. The molecule has 1 saturated carbocycles. The summed E-state index contributed by atoms with van der Waals surface area (Å²) in [5, 5.41) is 6.65. The van der Waals surface area contributed by atoms with E-state index in [1.165, 1.54) is 0 Å². The largest absolute Gasteiger partial charge is 0.328 e. The van der Waals surface area contributed by atoms with Crippen LogP contribution in [0, 0.1) is 6.92 Å². The number of pyridine rings is 1. The van der Waals surface area contributed by atoms with Gasteiger partial charge in [-0.3, -0.25) is 14.9 Å². The Morgan fingerprint density at radius 1 is 1.53 bits per heavy atom. The summed E-state index contributed by atoms with van der Waals surface area (Å²) in [7, 11) is 0. The first-order valence-electron chi connectivity index (χ1n) is 6.33. The molecule has 98 valence electrons. The van der Waals surface area contributed by atoms with Gasteiger partial charge in [0, 0.05) is 25.0 Å². The van der Waals surface area contributed by atoms with Gasteiger partial charge in [-0.15, -0.1) is 5.10 Å². The first kappa shape index (κ1) is 11.8. The SMILES string of the molecule is Cc1nc(C(=O)N(Cc2cccnc2)C2CC2)n[nH]1. The highest BCUT2D eigenvalue weighted by Crippen LogP contribution is 2.29. The zero-order valence-corrected chi connectivity index (χ0v) is 10.7. The molecule has 19 heavy (non-hydrogen) atoms. The second kappa shape index (κ2) is 4.79. The van der Waals surface area contributed by atoms with Gasteiger partial charge in [-0.2, -0.15) is 0 Å². The van der Waals surface area contributed by atoms with Crippen LogP contribution in [0.4, 0.5) is 0 Å². The molecule has 0 atom stereocenters. The number of aromatic amines is 1. The summed E-state index contributed by atoms with van der Waals surface area (Å²) < 4.78 is 0. The van der Waals surface area contributed by atoms with Crippen molar-refractivity contribution >= 4 is 5.91 Å². The van der Waals surface area contributed by atoms with Crippen molar-refractivity contribution in [3.63, 3.8) is 0 Å². The highest BCUT2D eigenvalue weighted by Gasteiger charge is 2.34. The average molecular weight is 257 g/mol. The Morgan fingerprint density at radius 3 is 2.95 bits per heavy atom. The van der Waals surface area contributed by atoms with Gasteiger partial charge in [0.15, 0.2) is 0 Å². The van der Waals surface area contributed by atoms with Gasteiger partial charge >= 0.3 is 0 Å². The highest BCUT2D eigenvalue weighted by molar-refractivity contribution is 5.90. The molecule has 0 unspecified atom stereocenters. The van der Waals surface area contributed by atoms with Crippen molar-refractivity contribution in [3.8, 4) is 0 Å². The van der Waals surface area contributed by atoms with Crippen molar-refractivity contribution in [3.05, 3.63) is 41.7 Å². The molecule has 1 fully saturated rings. The molecule has 0 spiro atoms. The Balaban J connectivity index is 1.79. The van der Waals surface area contributed by atoms with Crippen LogP contribution >= 0.6 is 0 Å². The predicted molar refractivity (Wildman–Crippen MR) is 68.3 cm³/mol. The van der Waals surface area contributed by atoms with E-state index in [1.807, 2.05) is 17.0 Å². The zero-order chi connectivity index (χ0) is 13.2. The van der Waals surface area contributed by atoms with Gasteiger partial charge < -0.3 is 4.90 Å². The molecule has 0 aromatic carbocycles. The Labute approximate surface area is 110 Å². The Bertz CT molecular complexity index is 576. The fourth-order valence-electron chi connectivity index (χ4n) is 2.01. The molecule has 6 nitrogen and oxygen atoms in total. The minimum Gasteiger partial charge on any atom is -0.328 e. The number of carbonyl (C=O) groups excluding carboxylic acids is 1. The molecule has 1 amide bonds. The molecule has 1 N–H and O–H groups in total. The third-order valence-corrected chi connectivity index (χ3v) is 3.11. The fraction of sp³-hybridized carbons (Fsp3) is 0.385. The smallest absolute Gasteiger partial charge is 0.294 e. The van der Waals surface area contributed by atoms with Gasteiger partial charge in [0.05, 0.1) is 0 Å². The summed E-state index contributed by atoms with van der Waals surface area (Å²) in [6.07, 6.45) is 5.61. The Kier molecular flexibility index (Phi) is 2.98. The summed E-state index contributed by atoms with van der Waals surface area (Å²) in [6.45, 7) is 2.34. The lowest BCUT2D eigenvalue weighted by molar-refractivity contribution is 0.0717. The average Bonchev–Trinajstić information content (AvgIpc) is 3.18. The fourth-order valence-corrected chi connectivity index (χ4v) is 2.01. The second-order valence-corrected chi connectivity index (χ2v) is 4.77. The minimum atomic E-state index is -0.115. The third kappa shape index (κ3) is 2.62. The van der Waals surface area contributed by atoms with Crippen LogP contribution in [0.2, 0.25) is 0 Å². The van der Waals surface area contributed by atoms with Crippen molar-refractivity contribution in [2.45, 2.75) is 32.4 Å². The van der Waals surface area contributed by atoms with Crippen molar-refractivity contribution < 1.29 is 4.79 Å². The van der Waals surface area contributed by atoms with Crippen LogP contribution in [-0.2, 0) is 6.54 Å². The number of rotatable bonds is 4. The van der Waals surface area contributed by atoms with E-state index < -0.39 is 0 Å². The van der Waals surface area contributed by atoms with Crippen LogP contribution in [0.15, 0.2) is 24.5 Å². The van der Waals surface area contributed by atoms with Crippen molar-refractivity contribution in [2.75, 3.05) is 0 Å². The molecule has 0 radical (unpaired) electrons. The summed E-state index contributed by atoms with van der Waals surface area (Å²) in [5.74, 6) is 0.782. The number of amides is 1. The predicted octanol–water partition coefficient (Wildman–Crippen LogP) is 1.31. The first-order chi connectivity index (χ1) is 9.24. The van der Waals surface area contributed by atoms with Crippen molar-refractivity contribution in [2.24, 2.45) is 0 Å². The Hall–Kier alpha value is -2.24. The molecular formula is C13H15N5O. The topological polar surface area (TPSA) is 74.8 Å². The van der Waals surface area contributed by atoms with Crippen LogP contribution in [-0.4, -0.2) is 37.0 Å². The van der Waals surface area contributed by atoms with E-state index in [1.54, 1.807) is 19.3 Å². The Morgan fingerprint density at radius 2 is 2.37 bits per heavy atom. The number of aryl methyl sites for hydroxylation is 1. The third-order valence-electron chi connectivity index (χ3n) is 3.11. The van der Waals surface area contributed by atoms with Crippen molar-refractivity contribution in [1.82, 2.24) is 25.1 Å². The lowest BCUT2D eigenvalue weighted by Crippen LogP contribution is -2.33. The summed E-state index contributed by atoms with van der Waals surface area (Å²) in [6, 6.07) is 4.16. The number of nitrogens with one attached hydrogen (secondary N) is 1. The molecule has 0 saturated heterocycles. The normalized spacial score (nSPS) is 14.4. The van der Waals surface area contributed by atoms with Crippen LogP contribution < -0.4 is 0 Å². The van der Waals surface area contributed by atoms with E-state index in [0.717, 1.165) is 18.4 Å². The summed E-state index contributed by atoms with van der Waals surface area (Å²) in [4.78, 5) is 22.4. The molecule has 2 heterocycles. The lowest BCUT2D eigenvalue weighted by atomic mass is 10.2. The van der Waals surface area contributed by atoms with E-state index >= 15 is 0 Å². The number of carbonyl (C=O) groups is 1. The van der Waals surface area contributed by atoms with E-state index in [4.69, 9.17) is 0 Å². The zero-order valence-electron chi connectivity index (χ0n) is 10.7. The minimum absolute atomic E-state index is 0.115. The number of H-pyrrole nitrogens is 1. The maximum atomic E-state index is 12.4. The maximum Gasteiger partial charge on any atom is 0.294 e. The number of hydrogen-bond donors (Lipinski definition) is 1. The van der Waals surface area contributed by atoms with Crippen molar-refractivity contribution in [1.29, 1.82) is 0 Å². The van der Waals surface area contributed by atoms with Crippen LogP contribution in [0.5, 0.6) is 0 Å². The molecule has 1 aliphatic carbocycles. The van der Waals surface area contributed by atoms with Gasteiger partial charge in [0.2, 0.25) is 5.82 Å². The van der Waals surface area contributed by atoms with Crippen LogP contribution in [0.25, 0.3) is 0 Å². The standard InChI is InChI=1S/C13H15N5O/c1-9-15-12(17-16-9)13(19)18(11-4-5-11)8-10-3-2-6-14-7-10/h2-3,6-7,11H,4-5,8H2,1H3,(H,15,16,17). The van der Waals surface area contributed by atoms with E-state index in [-0.39, 0.29) is 11.7 Å². The summed E-state index contributed by atoms with van der Waals surface area (Å²) in [5.41, 5.74) is 1.02. The monoisotopic (exact) mass is 257 g/mol. The molecule has 6 heteroatoms. The molecule has 2 aromatic rings. The molecule has 0 bridgehead atoms. The maximum absolute atomic E-state index is 12.4. The number of hydrogen-bond acceptors (Lipinski definition) is 4. The van der Waals surface area contributed by atoms with Crippen LogP contribution in [0.3, 0.4) is 0 Å². The molecule has 3 rings (SSSR count). The van der Waals surface area contributed by atoms with Crippen LogP contribution in [0.1, 0.15) is 34.8 Å². The first-order valence-corrected chi connectivity index (χ1v) is 6.33. The van der Waals surface area contributed by atoms with E-state index in [9.17, 15) is 4.79 Å². The van der Waals surface area contributed by atoms with Gasteiger partial charge in [-0.1, -0.05) is 6.07 Å². The van der Waals surface area contributed by atoms with Gasteiger partial charge in [0.25, 0.3) is 5.91 Å².